The lowest BCUT2D eigenvalue weighted by atomic mass is 9.84. The van der Waals surface area contributed by atoms with Crippen LogP contribution in [0, 0.1) is 0 Å². The number of amides is 2. The molecule has 2 aliphatic heterocycles. The molecule has 0 aliphatic carbocycles. The highest BCUT2D eigenvalue weighted by Gasteiger charge is 2.47. The molecule has 0 aromatic heterocycles. The number of hydrogen-bond donors (Lipinski definition) is 3. The SMILES string of the molecule is O=C(NCCN1CCOCC1)c1ccc(Br)cc1NC1(Cc2cccc(Cl)c2)C(=O)Nc2cc(Cl)ccc21. The number of hydrogen-bond acceptors (Lipinski definition) is 5. The van der Waals surface area contributed by atoms with Crippen LogP contribution in [-0.4, -0.2) is 56.1 Å². The van der Waals surface area contributed by atoms with E-state index in [1.165, 1.54) is 0 Å². The smallest absolute Gasteiger partial charge is 0.255 e. The number of nitrogens with one attached hydrogen (secondary N) is 3. The van der Waals surface area contributed by atoms with Gasteiger partial charge in [-0.2, -0.15) is 0 Å². The lowest BCUT2D eigenvalue weighted by Gasteiger charge is -2.31. The molecule has 198 valence electrons. The van der Waals surface area contributed by atoms with E-state index in [0.717, 1.165) is 35.2 Å². The van der Waals surface area contributed by atoms with Gasteiger partial charge in [0.05, 0.1) is 18.8 Å². The minimum atomic E-state index is -1.20. The van der Waals surface area contributed by atoms with Gasteiger partial charge in [0.2, 0.25) is 0 Å². The molecule has 0 saturated carbocycles. The van der Waals surface area contributed by atoms with Crippen LogP contribution in [0.2, 0.25) is 10.0 Å². The summed E-state index contributed by atoms with van der Waals surface area (Å²) in [6, 6.07) is 18.1. The van der Waals surface area contributed by atoms with E-state index < -0.39 is 5.54 Å². The summed E-state index contributed by atoms with van der Waals surface area (Å²) in [5, 5.41) is 10.6. The Balaban J connectivity index is 1.47. The van der Waals surface area contributed by atoms with Crippen LogP contribution in [0.15, 0.2) is 65.1 Å². The van der Waals surface area contributed by atoms with Crippen LogP contribution in [0.1, 0.15) is 21.5 Å². The summed E-state index contributed by atoms with van der Waals surface area (Å²) < 4.78 is 6.17. The molecular formula is C28H27BrCl2N4O3. The Bertz CT molecular complexity index is 1370. The summed E-state index contributed by atoms with van der Waals surface area (Å²) in [4.78, 5) is 29.3. The number of benzene rings is 3. The van der Waals surface area contributed by atoms with Gasteiger partial charge in [0.25, 0.3) is 11.8 Å². The Morgan fingerprint density at radius 1 is 1.05 bits per heavy atom. The van der Waals surface area contributed by atoms with Crippen molar-refractivity contribution in [3.63, 3.8) is 0 Å². The summed E-state index contributed by atoms with van der Waals surface area (Å²) in [7, 11) is 0. The number of ether oxygens (including phenoxy) is 1. The number of carbonyl (C=O) groups excluding carboxylic acids is 2. The molecule has 1 unspecified atom stereocenters. The third kappa shape index (κ3) is 5.84. The van der Waals surface area contributed by atoms with Crippen molar-refractivity contribution in [1.82, 2.24) is 10.2 Å². The van der Waals surface area contributed by atoms with Crippen molar-refractivity contribution in [3.05, 3.63) is 91.9 Å². The zero-order valence-corrected chi connectivity index (χ0v) is 23.6. The van der Waals surface area contributed by atoms with Gasteiger partial charge in [-0.05, 0) is 48.0 Å². The number of morpholine rings is 1. The molecule has 3 N–H and O–H groups in total. The highest BCUT2D eigenvalue weighted by atomic mass is 79.9. The molecule has 38 heavy (non-hydrogen) atoms. The number of nitrogens with zero attached hydrogens (tertiary/aromatic N) is 1. The number of halogens is 3. The molecule has 2 aliphatic rings. The topological polar surface area (TPSA) is 82.7 Å². The molecule has 3 aromatic rings. The van der Waals surface area contributed by atoms with Gasteiger partial charge in [0.15, 0.2) is 0 Å². The van der Waals surface area contributed by atoms with Gasteiger partial charge in [-0.3, -0.25) is 14.5 Å². The third-order valence-corrected chi connectivity index (χ3v) is 7.79. The van der Waals surface area contributed by atoms with Crippen molar-refractivity contribution in [2.75, 3.05) is 50.0 Å². The molecular weight excluding hydrogens is 591 g/mol. The van der Waals surface area contributed by atoms with E-state index in [0.29, 0.717) is 53.2 Å². The maximum absolute atomic E-state index is 13.7. The minimum absolute atomic E-state index is 0.221. The number of rotatable bonds is 8. The number of fused-ring (bicyclic) bond motifs is 1. The second-order valence-corrected chi connectivity index (χ2v) is 11.2. The van der Waals surface area contributed by atoms with Crippen LogP contribution in [0.3, 0.4) is 0 Å². The van der Waals surface area contributed by atoms with Crippen molar-refractivity contribution in [3.8, 4) is 0 Å². The van der Waals surface area contributed by atoms with Gasteiger partial charge in [0, 0.05) is 64.1 Å². The van der Waals surface area contributed by atoms with E-state index in [1.54, 1.807) is 24.3 Å². The zero-order chi connectivity index (χ0) is 26.7. The normalized spacial score (nSPS) is 19.1. The molecule has 1 saturated heterocycles. The van der Waals surface area contributed by atoms with Crippen LogP contribution in [0.4, 0.5) is 11.4 Å². The molecule has 0 spiro atoms. The first-order valence-corrected chi connectivity index (χ1v) is 13.9. The Morgan fingerprint density at radius 2 is 1.84 bits per heavy atom. The molecule has 0 bridgehead atoms. The van der Waals surface area contributed by atoms with E-state index in [1.807, 2.05) is 36.4 Å². The Morgan fingerprint density at radius 3 is 2.63 bits per heavy atom. The second kappa shape index (κ2) is 11.6. The van der Waals surface area contributed by atoms with Crippen molar-refractivity contribution >= 4 is 62.3 Å². The van der Waals surface area contributed by atoms with Crippen LogP contribution in [0.5, 0.6) is 0 Å². The van der Waals surface area contributed by atoms with Gasteiger partial charge in [-0.25, -0.2) is 0 Å². The van der Waals surface area contributed by atoms with E-state index in [2.05, 4.69) is 36.8 Å². The Hall–Kier alpha value is -2.62. The van der Waals surface area contributed by atoms with E-state index in [4.69, 9.17) is 27.9 Å². The van der Waals surface area contributed by atoms with Crippen LogP contribution in [0.25, 0.3) is 0 Å². The molecule has 7 nitrogen and oxygen atoms in total. The highest BCUT2D eigenvalue weighted by Crippen LogP contribution is 2.43. The summed E-state index contributed by atoms with van der Waals surface area (Å²) >= 11 is 16.0. The fourth-order valence-corrected chi connectivity index (χ4v) is 5.68. The van der Waals surface area contributed by atoms with Gasteiger partial charge in [0.1, 0.15) is 5.54 Å². The molecule has 2 amide bonds. The third-order valence-electron chi connectivity index (χ3n) is 6.83. The second-order valence-electron chi connectivity index (χ2n) is 9.38. The largest absolute Gasteiger partial charge is 0.379 e. The maximum Gasteiger partial charge on any atom is 0.255 e. The van der Waals surface area contributed by atoms with Crippen LogP contribution in [-0.2, 0) is 21.5 Å². The van der Waals surface area contributed by atoms with Crippen molar-refractivity contribution in [2.45, 2.75) is 12.0 Å². The molecule has 1 atom stereocenters. The lowest BCUT2D eigenvalue weighted by molar-refractivity contribution is -0.119. The van der Waals surface area contributed by atoms with Gasteiger partial charge in [-0.15, -0.1) is 0 Å². The summed E-state index contributed by atoms with van der Waals surface area (Å²) in [5.74, 6) is -0.464. The van der Waals surface area contributed by atoms with E-state index >= 15 is 0 Å². The average molecular weight is 618 g/mol. The number of carbonyl (C=O) groups is 2. The molecule has 3 aromatic carbocycles. The summed E-state index contributed by atoms with van der Waals surface area (Å²) in [5.41, 5.74) is 2.01. The molecule has 5 rings (SSSR count). The lowest BCUT2D eigenvalue weighted by Crippen LogP contribution is -2.45. The first kappa shape index (κ1) is 27.0. The predicted octanol–water partition coefficient (Wildman–Crippen LogP) is 5.32. The van der Waals surface area contributed by atoms with Gasteiger partial charge in [-0.1, -0.05) is 57.3 Å². The first-order valence-electron chi connectivity index (χ1n) is 12.4. The van der Waals surface area contributed by atoms with Crippen molar-refractivity contribution in [2.24, 2.45) is 0 Å². The predicted molar refractivity (Wildman–Crippen MR) is 154 cm³/mol. The first-order chi connectivity index (χ1) is 18.3. The van der Waals surface area contributed by atoms with Crippen LogP contribution >= 0.6 is 39.1 Å². The Labute approximate surface area is 240 Å². The van der Waals surface area contributed by atoms with Crippen LogP contribution < -0.4 is 16.0 Å². The molecule has 10 heteroatoms. The van der Waals surface area contributed by atoms with Crippen molar-refractivity contribution < 1.29 is 14.3 Å². The fourth-order valence-electron chi connectivity index (χ4n) is 4.94. The maximum atomic E-state index is 13.7. The summed E-state index contributed by atoms with van der Waals surface area (Å²) in [6.45, 7) is 4.36. The molecule has 1 fully saturated rings. The molecule has 0 radical (unpaired) electrons. The van der Waals surface area contributed by atoms with E-state index in [-0.39, 0.29) is 11.8 Å². The number of anilines is 2. The summed E-state index contributed by atoms with van der Waals surface area (Å²) in [6.07, 6.45) is 0.304. The van der Waals surface area contributed by atoms with Gasteiger partial charge < -0.3 is 20.7 Å². The Kier molecular flexibility index (Phi) is 8.26. The average Bonchev–Trinajstić information content (AvgIpc) is 3.14. The standard InChI is InChI=1S/C28H27BrCl2N4O3/c29-19-4-6-22(26(36)32-8-9-35-10-12-38-13-11-35)24(15-19)34-28(17-18-2-1-3-20(30)14-18)23-7-5-21(31)16-25(23)33-27(28)37/h1-7,14-16,34H,8-13,17H2,(H,32,36)(H,33,37). The van der Waals surface area contributed by atoms with Gasteiger partial charge >= 0.3 is 0 Å². The monoisotopic (exact) mass is 616 g/mol. The zero-order valence-electron chi connectivity index (χ0n) is 20.5. The van der Waals surface area contributed by atoms with E-state index in [9.17, 15) is 9.59 Å². The quantitative estimate of drug-likeness (QED) is 0.319. The molecule has 2 heterocycles. The van der Waals surface area contributed by atoms with Crippen molar-refractivity contribution in [1.29, 1.82) is 0 Å². The fraction of sp³-hybridized carbons (Fsp3) is 0.286. The highest BCUT2D eigenvalue weighted by molar-refractivity contribution is 9.10. The minimum Gasteiger partial charge on any atom is -0.379 e.